The van der Waals surface area contributed by atoms with E-state index in [0.29, 0.717) is 6.04 Å². The van der Waals surface area contributed by atoms with Gasteiger partial charge in [-0.25, -0.2) is 9.97 Å². The average molecular weight is 232 g/mol. The highest BCUT2D eigenvalue weighted by molar-refractivity contribution is 5.85. The van der Waals surface area contributed by atoms with Crippen molar-refractivity contribution in [2.75, 3.05) is 25.5 Å². The molecule has 1 atom stereocenters. The predicted octanol–water partition coefficient (Wildman–Crippen LogP) is 0.859. The molecule has 0 amide bonds. The van der Waals surface area contributed by atoms with Gasteiger partial charge < -0.3 is 10.2 Å². The number of nitrogens with one attached hydrogen (secondary N) is 2. The van der Waals surface area contributed by atoms with Crippen LogP contribution >= 0.6 is 0 Å². The van der Waals surface area contributed by atoms with Gasteiger partial charge in [0.15, 0.2) is 5.65 Å². The number of aromatic nitrogens is 4. The third-order valence-electron chi connectivity index (χ3n) is 3.21. The fourth-order valence-electron chi connectivity index (χ4n) is 2.36. The molecule has 3 rings (SSSR count). The summed E-state index contributed by atoms with van der Waals surface area (Å²) in [6, 6.07) is 0.460. The lowest BCUT2D eigenvalue weighted by Gasteiger charge is -2.30. The highest BCUT2D eigenvalue weighted by Crippen LogP contribution is 2.19. The molecule has 0 aromatic carbocycles. The Morgan fingerprint density at radius 1 is 1.47 bits per heavy atom. The van der Waals surface area contributed by atoms with Crippen molar-refractivity contribution >= 4 is 16.9 Å². The van der Waals surface area contributed by atoms with Gasteiger partial charge in [-0.05, 0) is 26.4 Å². The first-order valence-electron chi connectivity index (χ1n) is 5.92. The number of fused-ring (bicyclic) bond motifs is 1. The summed E-state index contributed by atoms with van der Waals surface area (Å²) in [4.78, 5) is 10.8. The van der Waals surface area contributed by atoms with Crippen molar-refractivity contribution in [3.05, 3.63) is 12.5 Å². The van der Waals surface area contributed by atoms with Crippen LogP contribution in [-0.4, -0.2) is 51.2 Å². The van der Waals surface area contributed by atoms with Gasteiger partial charge in [0.05, 0.1) is 11.6 Å². The zero-order chi connectivity index (χ0) is 11.7. The quantitative estimate of drug-likeness (QED) is 0.803. The van der Waals surface area contributed by atoms with Gasteiger partial charge in [-0.2, -0.15) is 5.10 Å². The molecule has 0 bridgehead atoms. The Balaban J connectivity index is 1.82. The minimum absolute atomic E-state index is 0.460. The van der Waals surface area contributed by atoms with Crippen molar-refractivity contribution in [1.29, 1.82) is 0 Å². The predicted molar refractivity (Wildman–Crippen MR) is 65.8 cm³/mol. The first-order chi connectivity index (χ1) is 8.33. The number of hydrogen-bond donors (Lipinski definition) is 2. The lowest BCUT2D eigenvalue weighted by molar-refractivity contribution is 0.261. The SMILES string of the molecule is CN1CCCC(Nc2ncnc3[nH]ncc23)C1. The molecule has 0 radical (unpaired) electrons. The minimum Gasteiger partial charge on any atom is -0.365 e. The molecule has 1 unspecified atom stereocenters. The Morgan fingerprint density at radius 3 is 3.29 bits per heavy atom. The normalized spacial score (nSPS) is 21.8. The first kappa shape index (κ1) is 10.5. The van der Waals surface area contributed by atoms with Crippen LogP contribution in [-0.2, 0) is 0 Å². The smallest absolute Gasteiger partial charge is 0.160 e. The van der Waals surface area contributed by atoms with Gasteiger partial charge in [0.25, 0.3) is 0 Å². The maximum absolute atomic E-state index is 4.30. The molecule has 17 heavy (non-hydrogen) atoms. The van der Waals surface area contributed by atoms with Crippen LogP contribution in [0.1, 0.15) is 12.8 Å². The second-order valence-electron chi connectivity index (χ2n) is 4.60. The summed E-state index contributed by atoms with van der Waals surface area (Å²) in [6.07, 6.45) is 5.75. The second-order valence-corrected chi connectivity index (χ2v) is 4.60. The van der Waals surface area contributed by atoms with E-state index in [-0.39, 0.29) is 0 Å². The molecular formula is C11H16N6. The summed E-state index contributed by atoms with van der Waals surface area (Å²) >= 11 is 0. The van der Waals surface area contributed by atoms with Crippen LogP contribution in [0, 0.1) is 0 Å². The first-order valence-corrected chi connectivity index (χ1v) is 5.92. The van der Waals surface area contributed by atoms with Gasteiger partial charge >= 0.3 is 0 Å². The van der Waals surface area contributed by atoms with Crippen molar-refractivity contribution in [3.8, 4) is 0 Å². The highest BCUT2D eigenvalue weighted by atomic mass is 15.2. The average Bonchev–Trinajstić information content (AvgIpc) is 2.78. The summed E-state index contributed by atoms with van der Waals surface area (Å²) in [5.41, 5.74) is 0.784. The summed E-state index contributed by atoms with van der Waals surface area (Å²) < 4.78 is 0. The Labute approximate surface area is 99.4 Å². The van der Waals surface area contributed by atoms with Crippen LogP contribution in [0.4, 0.5) is 5.82 Å². The van der Waals surface area contributed by atoms with Crippen molar-refractivity contribution in [1.82, 2.24) is 25.1 Å². The van der Waals surface area contributed by atoms with Gasteiger partial charge in [0.2, 0.25) is 0 Å². The van der Waals surface area contributed by atoms with Crippen LogP contribution in [0.25, 0.3) is 11.0 Å². The van der Waals surface area contributed by atoms with E-state index in [2.05, 4.69) is 37.4 Å². The van der Waals surface area contributed by atoms with E-state index in [4.69, 9.17) is 0 Å². The summed E-state index contributed by atoms with van der Waals surface area (Å²) in [5.74, 6) is 0.879. The van der Waals surface area contributed by atoms with E-state index >= 15 is 0 Å². The van der Waals surface area contributed by atoms with E-state index < -0.39 is 0 Å². The second kappa shape index (κ2) is 4.29. The number of nitrogens with zero attached hydrogens (tertiary/aromatic N) is 4. The lowest BCUT2D eigenvalue weighted by Crippen LogP contribution is -2.39. The number of anilines is 1. The molecule has 1 aliphatic heterocycles. The van der Waals surface area contributed by atoms with E-state index in [1.54, 1.807) is 12.5 Å². The van der Waals surface area contributed by atoms with E-state index in [1.165, 1.54) is 19.4 Å². The molecule has 0 spiro atoms. The monoisotopic (exact) mass is 232 g/mol. The lowest BCUT2D eigenvalue weighted by atomic mass is 10.1. The standard InChI is InChI=1S/C11H16N6/c1-17-4-2-3-8(6-17)15-10-9-5-14-16-11(9)13-7-12-10/h5,7-8H,2-4,6H2,1H3,(H2,12,13,14,15,16). The fourth-order valence-corrected chi connectivity index (χ4v) is 2.36. The van der Waals surface area contributed by atoms with Crippen LogP contribution < -0.4 is 5.32 Å². The number of likely N-dealkylation sites (tertiary alicyclic amines) is 1. The van der Waals surface area contributed by atoms with Crippen molar-refractivity contribution < 1.29 is 0 Å². The molecule has 1 aliphatic rings. The maximum Gasteiger partial charge on any atom is 0.160 e. The zero-order valence-electron chi connectivity index (χ0n) is 9.85. The molecule has 1 saturated heterocycles. The van der Waals surface area contributed by atoms with Crippen molar-refractivity contribution in [2.24, 2.45) is 0 Å². The van der Waals surface area contributed by atoms with Gasteiger partial charge in [-0.3, -0.25) is 5.10 Å². The van der Waals surface area contributed by atoms with Crippen LogP contribution in [0.15, 0.2) is 12.5 Å². The number of H-pyrrole nitrogens is 1. The van der Waals surface area contributed by atoms with Gasteiger partial charge in [-0.1, -0.05) is 0 Å². The van der Waals surface area contributed by atoms with Crippen molar-refractivity contribution in [2.45, 2.75) is 18.9 Å². The fraction of sp³-hybridized carbons (Fsp3) is 0.545. The zero-order valence-corrected chi connectivity index (χ0v) is 9.85. The molecule has 0 saturated carbocycles. The van der Waals surface area contributed by atoms with E-state index in [1.807, 2.05) is 0 Å². The summed E-state index contributed by atoms with van der Waals surface area (Å²) in [7, 11) is 2.15. The molecule has 0 aliphatic carbocycles. The van der Waals surface area contributed by atoms with Crippen molar-refractivity contribution in [3.63, 3.8) is 0 Å². The third kappa shape index (κ3) is 2.08. The van der Waals surface area contributed by atoms with E-state index in [0.717, 1.165) is 23.4 Å². The number of piperidine rings is 1. The molecule has 6 heteroatoms. The summed E-state index contributed by atoms with van der Waals surface area (Å²) in [6.45, 7) is 2.24. The van der Waals surface area contributed by atoms with Gasteiger partial charge in [-0.15, -0.1) is 0 Å². The van der Waals surface area contributed by atoms with E-state index in [9.17, 15) is 0 Å². The number of likely N-dealkylation sites (N-methyl/N-ethyl adjacent to an activating group) is 1. The number of rotatable bonds is 2. The molecule has 2 N–H and O–H groups in total. The van der Waals surface area contributed by atoms with Gasteiger partial charge in [0.1, 0.15) is 12.1 Å². The Morgan fingerprint density at radius 2 is 2.41 bits per heavy atom. The maximum atomic E-state index is 4.30. The Hall–Kier alpha value is -1.69. The number of aromatic amines is 1. The Bertz CT molecular complexity index is 507. The molecule has 90 valence electrons. The molecule has 6 nitrogen and oxygen atoms in total. The van der Waals surface area contributed by atoms with Crippen LogP contribution in [0.3, 0.4) is 0 Å². The molecular weight excluding hydrogens is 216 g/mol. The highest BCUT2D eigenvalue weighted by Gasteiger charge is 2.18. The molecule has 3 heterocycles. The number of hydrogen-bond acceptors (Lipinski definition) is 5. The van der Waals surface area contributed by atoms with Crippen LogP contribution in [0.5, 0.6) is 0 Å². The minimum atomic E-state index is 0.460. The Kier molecular flexibility index (Phi) is 2.64. The molecule has 2 aromatic rings. The topological polar surface area (TPSA) is 69.7 Å². The molecule has 1 fully saturated rings. The largest absolute Gasteiger partial charge is 0.365 e. The molecule has 2 aromatic heterocycles. The summed E-state index contributed by atoms with van der Waals surface area (Å²) in [5, 5.41) is 11.3. The third-order valence-corrected chi connectivity index (χ3v) is 3.21. The van der Waals surface area contributed by atoms with Gasteiger partial charge in [0, 0.05) is 12.6 Å². The van der Waals surface area contributed by atoms with Crippen LogP contribution in [0.2, 0.25) is 0 Å².